The van der Waals surface area contributed by atoms with Crippen molar-refractivity contribution >= 4 is 19.5 Å². The van der Waals surface area contributed by atoms with Crippen molar-refractivity contribution in [2.45, 2.75) is 20.8 Å². The Bertz CT molecular complexity index is 704. The quantitative estimate of drug-likeness (QED) is 0.291. The zero-order valence-electron chi connectivity index (χ0n) is 16.7. The average molecular weight is 588 g/mol. The first-order valence-electron chi connectivity index (χ1n) is 7.75. The predicted molar refractivity (Wildman–Crippen MR) is 96.2 cm³/mol. The monoisotopic (exact) mass is 586 g/mol. The molecule has 0 spiro atoms. The summed E-state index contributed by atoms with van der Waals surface area (Å²) in [5.41, 5.74) is 0. The van der Waals surface area contributed by atoms with Crippen LogP contribution in [0.3, 0.4) is 0 Å². The normalized spacial score (nSPS) is 12.4. The molecule has 3 aromatic rings. The van der Waals surface area contributed by atoms with Gasteiger partial charge in [0.25, 0.3) is 0 Å². The Labute approximate surface area is 178 Å². The zero-order chi connectivity index (χ0) is 22.2. The van der Waals surface area contributed by atoms with Gasteiger partial charge >= 0.3 is 53.4 Å². The van der Waals surface area contributed by atoms with Gasteiger partial charge in [-0.2, -0.15) is 0 Å². The third-order valence-electron chi connectivity index (χ3n) is 3.19. The molecule has 0 saturated heterocycles. The Morgan fingerprint density at radius 1 is 0.586 bits per heavy atom. The van der Waals surface area contributed by atoms with E-state index in [9.17, 15) is 16.9 Å². The Balaban J connectivity index is 0. The Morgan fingerprint density at radius 2 is 0.759 bits per heavy atom. The van der Waals surface area contributed by atoms with Crippen LogP contribution in [0.25, 0.3) is 0 Å². The van der Waals surface area contributed by atoms with Gasteiger partial charge in [0.2, 0.25) is 0 Å². The fourth-order valence-corrected chi connectivity index (χ4v) is 1.32. The van der Waals surface area contributed by atoms with Gasteiger partial charge in [-0.1, -0.05) is 0 Å². The van der Waals surface area contributed by atoms with E-state index in [1.807, 2.05) is 74.2 Å². The van der Waals surface area contributed by atoms with Crippen molar-refractivity contribution in [1.82, 2.24) is 28.7 Å². The van der Waals surface area contributed by atoms with Crippen LogP contribution in [0, 0.1) is 20.8 Å². The molecule has 6 nitrogen and oxygen atoms in total. The summed E-state index contributed by atoms with van der Waals surface area (Å²) in [6, 6.07) is 0. The number of halogens is 6. The topological polar surface area (TPSA) is 53.5 Å². The molecule has 29 heavy (non-hydrogen) atoms. The molecule has 3 aromatic heterocycles. The van der Waals surface area contributed by atoms with E-state index in [1.165, 1.54) is 0 Å². The van der Waals surface area contributed by atoms with Crippen molar-refractivity contribution < 1.29 is 33.9 Å². The molecule has 0 unspecified atom stereocenters. The maximum absolute atomic E-state index is 11.2. The van der Waals surface area contributed by atoms with Crippen molar-refractivity contribution in [1.29, 1.82) is 0 Å². The van der Waals surface area contributed by atoms with Crippen LogP contribution in [0.2, 0.25) is 0 Å². The minimum absolute atomic E-state index is 0. The second-order valence-electron chi connectivity index (χ2n) is 5.71. The van der Waals surface area contributed by atoms with E-state index in [4.69, 9.17) is 0 Å². The SMILES string of the molecule is Cc1nccn1C.Cc1nccn1C.Cc1nccn1C.[Cu+].[F][Sb-]([F])([F])([F])([F])[F]. The molecule has 0 N–H and O–H groups in total. The number of imidazole rings is 3. The molecule has 0 amide bonds. The first-order valence-corrected chi connectivity index (χ1v) is 13.5. The standard InChI is InChI=1S/3C5H8N2.Cu.6FH.Sb/c3*1-5-6-3-4-7(5)2;;;;;;;;/h3*3-4H,1-2H3;;6*1H;/q;;;+1;;;;;;;+5/p-6. The van der Waals surface area contributed by atoms with Crippen LogP contribution in [0.15, 0.2) is 37.2 Å². The van der Waals surface area contributed by atoms with Crippen LogP contribution in [-0.2, 0) is 38.2 Å². The van der Waals surface area contributed by atoms with Gasteiger partial charge in [0.1, 0.15) is 17.5 Å². The number of rotatable bonds is 0. The molecule has 172 valence electrons. The molecular weight excluding hydrogens is 564 g/mol. The molecule has 0 aliphatic heterocycles. The molecule has 0 aliphatic carbocycles. The summed E-state index contributed by atoms with van der Waals surface area (Å²) in [7, 11) is 5.92. The van der Waals surface area contributed by atoms with E-state index in [-0.39, 0.29) is 17.1 Å². The molecule has 0 fully saturated rings. The van der Waals surface area contributed by atoms with Gasteiger partial charge < -0.3 is 13.7 Å². The van der Waals surface area contributed by atoms with Crippen molar-refractivity contribution in [3.05, 3.63) is 54.7 Å². The first-order chi connectivity index (χ1) is 12.4. The second kappa shape index (κ2) is 10.5. The molecule has 0 aliphatic rings. The fourth-order valence-electron chi connectivity index (χ4n) is 1.32. The van der Waals surface area contributed by atoms with E-state index in [0.717, 1.165) is 17.5 Å². The molecule has 3 rings (SSSR count). The molecule has 0 radical (unpaired) electrons. The van der Waals surface area contributed by atoms with E-state index in [1.54, 1.807) is 18.6 Å². The molecule has 0 saturated carbocycles. The average Bonchev–Trinajstić information content (AvgIpc) is 3.16. The molecule has 14 heteroatoms. The van der Waals surface area contributed by atoms with Crippen LogP contribution in [0.1, 0.15) is 17.5 Å². The third kappa shape index (κ3) is 19.6. The molecule has 0 aromatic carbocycles. The summed E-state index contributed by atoms with van der Waals surface area (Å²) < 4.78 is 65.5. The van der Waals surface area contributed by atoms with Crippen LogP contribution in [0.5, 0.6) is 0 Å². The van der Waals surface area contributed by atoms with Crippen molar-refractivity contribution in [2.24, 2.45) is 21.1 Å². The summed E-state index contributed by atoms with van der Waals surface area (Å²) in [4.78, 5) is 11.9. The van der Waals surface area contributed by atoms with E-state index in [2.05, 4.69) is 15.0 Å². The summed E-state index contributed by atoms with van der Waals surface area (Å²) in [6.45, 7) is 5.92. The molecule has 0 atom stereocenters. The Kier molecular flexibility index (Phi) is 10.8. The van der Waals surface area contributed by atoms with Gasteiger partial charge in [0.05, 0.1) is 0 Å². The zero-order valence-corrected chi connectivity index (χ0v) is 20.2. The maximum atomic E-state index is 9.93. The van der Waals surface area contributed by atoms with E-state index in [0.29, 0.717) is 0 Å². The van der Waals surface area contributed by atoms with Gasteiger partial charge in [0.15, 0.2) is 0 Å². The first kappa shape index (κ1) is 29.7. The van der Waals surface area contributed by atoms with E-state index < -0.39 is 19.5 Å². The second-order valence-corrected chi connectivity index (χ2v) is 11.2. The van der Waals surface area contributed by atoms with Crippen LogP contribution >= 0.6 is 0 Å². The summed E-state index contributed by atoms with van der Waals surface area (Å²) in [5.74, 6) is 3.17. The Hall–Kier alpha value is -1.45. The number of hydrogen-bond acceptors (Lipinski definition) is 3. The van der Waals surface area contributed by atoms with Crippen molar-refractivity contribution in [3.8, 4) is 0 Å². The predicted octanol–water partition coefficient (Wildman–Crippen LogP) is 4.32. The van der Waals surface area contributed by atoms with Crippen LogP contribution < -0.4 is 0 Å². The molecule has 3 heterocycles. The minimum atomic E-state index is -11.2. The van der Waals surface area contributed by atoms with Crippen molar-refractivity contribution in [2.75, 3.05) is 0 Å². The van der Waals surface area contributed by atoms with Crippen LogP contribution in [0.4, 0.5) is 16.9 Å². The van der Waals surface area contributed by atoms with Gasteiger partial charge in [-0.3, -0.25) is 0 Å². The van der Waals surface area contributed by atoms with Crippen LogP contribution in [-0.4, -0.2) is 48.1 Å². The van der Waals surface area contributed by atoms with Gasteiger partial charge in [-0.05, 0) is 20.8 Å². The number of nitrogens with zero attached hydrogens (tertiary/aromatic N) is 6. The van der Waals surface area contributed by atoms with Crippen molar-refractivity contribution in [3.63, 3.8) is 0 Å². The fraction of sp³-hybridized carbons (Fsp3) is 0.400. The number of aromatic nitrogens is 6. The van der Waals surface area contributed by atoms with Gasteiger partial charge in [0, 0.05) is 58.3 Å². The van der Waals surface area contributed by atoms with E-state index >= 15 is 0 Å². The Morgan fingerprint density at radius 3 is 0.793 bits per heavy atom. The summed E-state index contributed by atoms with van der Waals surface area (Å²) in [5, 5.41) is 0. The summed E-state index contributed by atoms with van der Waals surface area (Å²) in [6.07, 6.45) is 11.1. The van der Waals surface area contributed by atoms with Gasteiger partial charge in [-0.25, -0.2) is 15.0 Å². The molecule has 0 bridgehead atoms. The molecular formula is C15H24CuF6N6Sb. The number of hydrogen-bond donors (Lipinski definition) is 0. The van der Waals surface area contributed by atoms with Gasteiger partial charge in [-0.15, -0.1) is 0 Å². The summed E-state index contributed by atoms with van der Waals surface area (Å²) >= 11 is -11.2. The number of aryl methyl sites for hydroxylation is 6. The third-order valence-corrected chi connectivity index (χ3v) is 3.19.